The molecular weight excluding hydrogens is 616 g/mol. The van der Waals surface area contributed by atoms with Gasteiger partial charge in [-0.25, -0.2) is 4.79 Å². The number of methoxy groups -OCH3 is 2. The van der Waals surface area contributed by atoms with E-state index in [1.54, 1.807) is 44.2 Å². The molecule has 0 saturated heterocycles. The Balaban J connectivity index is 2.14. The van der Waals surface area contributed by atoms with Crippen molar-refractivity contribution in [3.63, 3.8) is 0 Å². The summed E-state index contributed by atoms with van der Waals surface area (Å²) in [7, 11) is 2.99. The van der Waals surface area contributed by atoms with Gasteiger partial charge in [-0.3, -0.25) is 9.59 Å². The molecule has 1 aliphatic heterocycles. The lowest BCUT2D eigenvalue weighted by molar-refractivity contribution is -0.119. The van der Waals surface area contributed by atoms with Crippen LogP contribution in [0.25, 0.3) is 0 Å². The molecule has 0 aromatic rings. The maximum Gasteiger partial charge on any atom is 0.405 e. The number of ketones is 1. The topological polar surface area (TPSA) is 171 Å². The predicted octanol–water partition coefficient (Wildman–Crippen LogP) is 4.28. The Kier molecular flexibility index (Phi) is 14.8. The van der Waals surface area contributed by atoms with E-state index in [4.69, 9.17) is 24.8 Å². The van der Waals surface area contributed by atoms with E-state index >= 15 is 0 Å². The maximum atomic E-state index is 14.2. The number of Topliss-reactive ketones (excluding diaryl/α,β-unsaturated/α-hetero) is 1. The molecule has 6 atom stereocenters. The van der Waals surface area contributed by atoms with Crippen molar-refractivity contribution in [2.45, 2.75) is 96.7 Å². The molecule has 1 heterocycles. The zero-order chi connectivity index (χ0) is 35.4. The molecule has 264 valence electrons. The zero-order valence-corrected chi connectivity index (χ0v) is 29.0. The van der Waals surface area contributed by atoms with Gasteiger partial charge in [-0.2, -0.15) is 0 Å². The van der Waals surface area contributed by atoms with E-state index in [1.165, 1.54) is 20.3 Å². The Bertz CT molecular complexity index is 1370. The van der Waals surface area contributed by atoms with Gasteiger partial charge in [0, 0.05) is 37.3 Å². The number of hydrogen-bond donors (Lipinski definition) is 4. The van der Waals surface area contributed by atoms with Crippen LogP contribution in [0, 0.1) is 11.8 Å². The Labute approximate surface area is 283 Å². The number of nitrogens with two attached hydrogens (primary N) is 1. The van der Waals surface area contributed by atoms with Crippen LogP contribution in [0.4, 0.5) is 4.79 Å². The first-order valence-electron chi connectivity index (χ1n) is 16.5. The minimum absolute atomic E-state index is 0.0660. The summed E-state index contributed by atoms with van der Waals surface area (Å²) >= 11 is 0. The number of carbonyl (C=O) groups is 3. The molecule has 3 aliphatic rings. The van der Waals surface area contributed by atoms with E-state index < -0.39 is 42.3 Å². The van der Waals surface area contributed by atoms with Gasteiger partial charge in [0.1, 0.15) is 18.4 Å². The van der Waals surface area contributed by atoms with Crippen molar-refractivity contribution in [3.05, 3.63) is 71.1 Å². The SMILES string of the molecule is C=CCO/N=C1\C=C2NC(=O)/C(C)=C/C=C\[C@H](OC)[C@@H](OC(N)=O)/C(C)=C/[C@H](C)[C@@H](O)[C@@H](OC)C[C@H](C)CC(=C1NC1CCCC1)C2=O. The van der Waals surface area contributed by atoms with Crippen molar-refractivity contribution >= 4 is 23.5 Å². The normalized spacial score (nSPS) is 32.0. The van der Waals surface area contributed by atoms with Crippen LogP contribution in [0.2, 0.25) is 0 Å². The van der Waals surface area contributed by atoms with Gasteiger partial charge in [-0.05, 0) is 57.1 Å². The van der Waals surface area contributed by atoms with E-state index in [1.807, 2.05) is 13.8 Å². The number of amides is 2. The second-order valence-electron chi connectivity index (χ2n) is 12.8. The largest absolute Gasteiger partial charge is 0.439 e. The van der Waals surface area contributed by atoms with Gasteiger partial charge in [-0.15, -0.1) is 0 Å². The van der Waals surface area contributed by atoms with Gasteiger partial charge in [0.05, 0.1) is 23.6 Å². The van der Waals surface area contributed by atoms with E-state index in [0.717, 1.165) is 25.7 Å². The summed E-state index contributed by atoms with van der Waals surface area (Å²) in [5.74, 6) is -1.37. The van der Waals surface area contributed by atoms with E-state index in [0.29, 0.717) is 41.0 Å². The van der Waals surface area contributed by atoms with E-state index in [9.17, 15) is 19.5 Å². The highest BCUT2D eigenvalue weighted by molar-refractivity contribution is 6.25. The second kappa shape index (κ2) is 18.5. The summed E-state index contributed by atoms with van der Waals surface area (Å²) in [5.41, 5.74) is 7.83. The van der Waals surface area contributed by atoms with Crippen molar-refractivity contribution in [2.75, 3.05) is 20.8 Å². The van der Waals surface area contributed by atoms with Crippen LogP contribution in [0.5, 0.6) is 0 Å². The molecule has 0 aromatic carbocycles. The quantitative estimate of drug-likeness (QED) is 0.128. The number of nitrogens with zero attached hydrogens (tertiary/aromatic N) is 1. The van der Waals surface area contributed by atoms with Gasteiger partial charge in [0.15, 0.2) is 6.10 Å². The fourth-order valence-corrected chi connectivity index (χ4v) is 6.26. The van der Waals surface area contributed by atoms with Crippen LogP contribution in [0.15, 0.2) is 76.3 Å². The standard InChI is InChI=1S/C36H52N4O8/c1-8-16-47-40-27-20-28-33(42)26(31(27)38-25-13-9-10-14-25)17-21(2)18-30(46-7)32(41)23(4)19-24(5)34(48-36(37)44)29(45-6)15-11-12-22(3)35(43)39-28/h8,11-12,15,19-21,23,25,29-30,32,34,38,41H,1,9-10,13-14,16-18H2,2-7H3,(H2,37,44)(H,39,43)/b15-11-,22-12+,24-19+,40-27+/t21-,23+,29+,30+,32-,34+/m1/s1. The number of ether oxygens (including phenoxy) is 3. The van der Waals surface area contributed by atoms with Crippen molar-refractivity contribution in [3.8, 4) is 0 Å². The number of primary amides is 1. The number of fused-ring (bicyclic) bond motifs is 2. The maximum absolute atomic E-state index is 14.2. The van der Waals surface area contributed by atoms with Gasteiger partial charge >= 0.3 is 6.09 Å². The summed E-state index contributed by atoms with van der Waals surface area (Å²) < 4.78 is 16.8. The highest BCUT2D eigenvalue weighted by atomic mass is 16.6. The molecular formula is C36H52N4O8. The monoisotopic (exact) mass is 668 g/mol. The minimum atomic E-state index is -0.984. The highest BCUT2D eigenvalue weighted by Gasteiger charge is 2.34. The molecule has 48 heavy (non-hydrogen) atoms. The summed E-state index contributed by atoms with van der Waals surface area (Å²) in [6.45, 7) is 11.1. The molecule has 1 saturated carbocycles. The molecule has 2 aliphatic carbocycles. The fraction of sp³-hybridized carbons (Fsp3) is 0.556. The van der Waals surface area contributed by atoms with Crippen molar-refractivity contribution in [1.29, 1.82) is 0 Å². The van der Waals surface area contributed by atoms with Crippen molar-refractivity contribution in [1.82, 2.24) is 10.6 Å². The minimum Gasteiger partial charge on any atom is -0.439 e. The molecule has 2 amide bonds. The number of hydrogen-bond acceptors (Lipinski definition) is 10. The number of allylic oxidation sites excluding steroid dienone is 4. The van der Waals surface area contributed by atoms with Crippen LogP contribution < -0.4 is 16.4 Å². The predicted molar refractivity (Wildman–Crippen MR) is 184 cm³/mol. The third kappa shape index (κ3) is 10.5. The van der Waals surface area contributed by atoms with E-state index in [-0.39, 0.29) is 30.0 Å². The second-order valence-corrected chi connectivity index (χ2v) is 12.8. The highest BCUT2D eigenvalue weighted by Crippen LogP contribution is 2.30. The Morgan fingerprint density at radius 3 is 2.52 bits per heavy atom. The molecule has 12 nitrogen and oxygen atoms in total. The lowest BCUT2D eigenvalue weighted by atomic mass is 9.84. The number of carbonyl (C=O) groups excluding carboxylic acids is 3. The molecule has 3 rings (SSSR count). The first kappa shape index (κ1) is 38.4. The lowest BCUT2D eigenvalue weighted by Crippen LogP contribution is -2.39. The number of oxime groups is 1. The number of aliphatic hydroxyl groups is 1. The first-order chi connectivity index (χ1) is 22.9. The third-order valence-corrected chi connectivity index (χ3v) is 8.87. The smallest absolute Gasteiger partial charge is 0.405 e. The first-order valence-corrected chi connectivity index (χ1v) is 16.5. The van der Waals surface area contributed by atoms with Crippen LogP contribution in [0.1, 0.15) is 66.2 Å². The Morgan fingerprint density at radius 1 is 1.19 bits per heavy atom. The van der Waals surface area contributed by atoms with Crippen LogP contribution in [-0.4, -0.2) is 79.9 Å². The summed E-state index contributed by atoms with van der Waals surface area (Å²) in [6, 6.07) is 0.168. The van der Waals surface area contributed by atoms with Crippen molar-refractivity contribution in [2.24, 2.45) is 22.7 Å². The van der Waals surface area contributed by atoms with E-state index in [2.05, 4.69) is 22.4 Å². The number of aliphatic hydroxyl groups excluding tert-OH is 1. The summed E-state index contributed by atoms with van der Waals surface area (Å²) in [6.07, 6.45) is 10.4. The van der Waals surface area contributed by atoms with Gasteiger partial charge in [0.2, 0.25) is 5.78 Å². The van der Waals surface area contributed by atoms with Gasteiger partial charge in [0.25, 0.3) is 5.91 Å². The van der Waals surface area contributed by atoms with Gasteiger partial charge < -0.3 is 40.5 Å². The molecule has 0 unspecified atom stereocenters. The molecule has 5 N–H and O–H groups in total. The molecule has 1 fully saturated rings. The van der Waals surface area contributed by atoms with Gasteiger partial charge in [-0.1, -0.05) is 68.8 Å². The lowest BCUT2D eigenvalue weighted by Gasteiger charge is -2.30. The van der Waals surface area contributed by atoms with Crippen LogP contribution in [0.3, 0.4) is 0 Å². The number of nitrogens with one attached hydrogen (secondary N) is 2. The Hall–Kier alpha value is -4.00. The molecule has 0 spiro atoms. The average Bonchev–Trinajstić information content (AvgIpc) is 3.57. The fourth-order valence-electron chi connectivity index (χ4n) is 6.26. The molecule has 0 aromatic heterocycles. The average molecular weight is 669 g/mol. The zero-order valence-electron chi connectivity index (χ0n) is 29.0. The number of rotatable bonds is 8. The summed E-state index contributed by atoms with van der Waals surface area (Å²) in [4.78, 5) is 44.8. The molecule has 2 bridgehead atoms. The third-order valence-electron chi connectivity index (χ3n) is 8.87. The molecule has 12 heteroatoms. The van der Waals surface area contributed by atoms with Crippen LogP contribution >= 0.6 is 0 Å². The molecule has 0 radical (unpaired) electrons. The Morgan fingerprint density at radius 2 is 1.90 bits per heavy atom. The van der Waals surface area contributed by atoms with Crippen LogP contribution in [-0.2, 0) is 28.6 Å². The van der Waals surface area contributed by atoms with Crippen molar-refractivity contribution < 1.29 is 38.5 Å². The summed E-state index contributed by atoms with van der Waals surface area (Å²) in [5, 5.41) is 22.1.